The van der Waals surface area contributed by atoms with Crippen LogP contribution < -0.4 is 10.7 Å². The molecule has 0 spiro atoms. The summed E-state index contributed by atoms with van der Waals surface area (Å²) in [6.45, 7) is 3.12. The van der Waals surface area contributed by atoms with E-state index in [4.69, 9.17) is 11.6 Å². The van der Waals surface area contributed by atoms with Gasteiger partial charge in [-0.2, -0.15) is 18.3 Å². The van der Waals surface area contributed by atoms with Crippen molar-refractivity contribution in [3.63, 3.8) is 0 Å². The lowest BCUT2D eigenvalue weighted by Gasteiger charge is -2.22. The van der Waals surface area contributed by atoms with Crippen LogP contribution in [0.25, 0.3) is 10.9 Å². The molecule has 1 atom stereocenters. The van der Waals surface area contributed by atoms with Crippen molar-refractivity contribution >= 4 is 28.4 Å². The van der Waals surface area contributed by atoms with E-state index in [1.165, 1.54) is 24.0 Å². The van der Waals surface area contributed by atoms with Crippen molar-refractivity contribution in [1.29, 1.82) is 0 Å². The fourth-order valence-electron chi connectivity index (χ4n) is 3.20. The molecule has 0 radical (unpaired) electrons. The van der Waals surface area contributed by atoms with Gasteiger partial charge >= 0.3 is 6.18 Å². The molecule has 0 saturated carbocycles. The number of carbonyl (C=O) groups is 1. The number of amides is 1. The van der Waals surface area contributed by atoms with Crippen LogP contribution in [-0.4, -0.2) is 26.3 Å². The number of alkyl halides is 3. The lowest BCUT2D eigenvalue weighted by Crippen LogP contribution is -2.38. The van der Waals surface area contributed by atoms with Crippen molar-refractivity contribution in [1.82, 2.24) is 19.7 Å². The Labute approximate surface area is 168 Å². The molecule has 1 aromatic carbocycles. The van der Waals surface area contributed by atoms with Gasteiger partial charge in [0.05, 0.1) is 16.7 Å². The van der Waals surface area contributed by atoms with Gasteiger partial charge in [0.25, 0.3) is 5.91 Å². The number of aryl methyl sites for hydroxylation is 2. The van der Waals surface area contributed by atoms with Gasteiger partial charge in [0.1, 0.15) is 11.4 Å². The minimum absolute atomic E-state index is 0.106. The summed E-state index contributed by atoms with van der Waals surface area (Å²) in [5, 5.41) is 6.82. The Kier molecular flexibility index (Phi) is 5.44. The normalized spacial score (nSPS) is 12.9. The van der Waals surface area contributed by atoms with E-state index in [1.807, 2.05) is 0 Å². The summed E-state index contributed by atoms with van der Waals surface area (Å²) >= 11 is 5.95. The summed E-state index contributed by atoms with van der Waals surface area (Å²) in [4.78, 5) is 24.7. The molecule has 0 aliphatic carbocycles. The molecular formula is C19H18ClF3N4O2. The fourth-order valence-corrected chi connectivity index (χ4v) is 3.45. The molecule has 0 fully saturated rings. The summed E-state index contributed by atoms with van der Waals surface area (Å²) in [7, 11) is 1.53. The lowest BCUT2D eigenvalue weighted by molar-refractivity contribution is -0.143. The first-order valence-corrected chi connectivity index (χ1v) is 9.06. The third-order valence-electron chi connectivity index (χ3n) is 4.50. The Morgan fingerprint density at radius 1 is 1.31 bits per heavy atom. The number of hydrogen-bond donors (Lipinski definition) is 1. The number of halogens is 4. The topological polar surface area (TPSA) is 68.9 Å². The Morgan fingerprint density at radius 3 is 2.59 bits per heavy atom. The predicted octanol–water partition coefficient (Wildman–Crippen LogP) is 3.53. The quantitative estimate of drug-likeness (QED) is 0.694. The molecule has 0 bridgehead atoms. The van der Waals surface area contributed by atoms with Crippen molar-refractivity contribution in [2.45, 2.75) is 32.6 Å². The van der Waals surface area contributed by atoms with Gasteiger partial charge in [-0.15, -0.1) is 0 Å². The maximum absolute atomic E-state index is 13.6. The van der Waals surface area contributed by atoms with Gasteiger partial charge in [-0.1, -0.05) is 23.2 Å². The van der Waals surface area contributed by atoms with E-state index >= 15 is 0 Å². The van der Waals surface area contributed by atoms with E-state index in [0.29, 0.717) is 6.07 Å². The minimum Gasteiger partial charge on any atom is -0.346 e. The maximum atomic E-state index is 13.6. The number of aromatic nitrogens is 3. The van der Waals surface area contributed by atoms with Crippen molar-refractivity contribution in [3.05, 3.63) is 62.7 Å². The summed E-state index contributed by atoms with van der Waals surface area (Å²) in [6.07, 6.45) is -3.42. The van der Waals surface area contributed by atoms with E-state index in [1.54, 1.807) is 26.0 Å². The van der Waals surface area contributed by atoms with Gasteiger partial charge < -0.3 is 9.88 Å². The molecule has 29 heavy (non-hydrogen) atoms. The smallest absolute Gasteiger partial charge is 0.346 e. The van der Waals surface area contributed by atoms with E-state index in [2.05, 4.69) is 10.4 Å². The van der Waals surface area contributed by atoms with Crippen molar-refractivity contribution in [2.24, 2.45) is 7.05 Å². The van der Waals surface area contributed by atoms with Crippen LogP contribution in [0.15, 0.2) is 35.3 Å². The van der Waals surface area contributed by atoms with Gasteiger partial charge in [-0.05, 0) is 26.0 Å². The summed E-state index contributed by atoms with van der Waals surface area (Å²) in [5.41, 5.74) is -0.762. The average Bonchev–Trinajstić information content (AvgIpc) is 2.94. The van der Waals surface area contributed by atoms with Crippen LogP contribution in [0.5, 0.6) is 0 Å². The molecular weight excluding hydrogens is 409 g/mol. The van der Waals surface area contributed by atoms with E-state index in [-0.39, 0.29) is 28.2 Å². The second-order valence-electron chi connectivity index (χ2n) is 6.86. The fraction of sp³-hybridized carbons (Fsp3) is 0.316. The largest absolute Gasteiger partial charge is 0.431 e. The average molecular weight is 427 g/mol. The molecule has 10 heteroatoms. The van der Waals surface area contributed by atoms with Gasteiger partial charge in [0, 0.05) is 31.1 Å². The van der Waals surface area contributed by atoms with Crippen LogP contribution in [-0.2, 0) is 19.8 Å². The molecule has 1 N–H and O–H groups in total. The highest BCUT2D eigenvalue weighted by Gasteiger charge is 2.35. The first-order chi connectivity index (χ1) is 13.5. The molecule has 6 nitrogen and oxygen atoms in total. The maximum Gasteiger partial charge on any atom is 0.431 e. The second-order valence-corrected chi connectivity index (χ2v) is 7.27. The zero-order valence-electron chi connectivity index (χ0n) is 15.8. The lowest BCUT2D eigenvalue weighted by atomic mass is 10.1. The Morgan fingerprint density at radius 2 is 2.00 bits per heavy atom. The molecule has 0 aliphatic rings. The molecule has 154 valence electrons. The molecule has 0 saturated heterocycles. The molecule has 2 aromatic heterocycles. The zero-order chi connectivity index (χ0) is 21.5. The third kappa shape index (κ3) is 4.14. The van der Waals surface area contributed by atoms with Crippen LogP contribution in [0.4, 0.5) is 13.2 Å². The molecule has 0 aliphatic heterocycles. The van der Waals surface area contributed by atoms with Gasteiger partial charge in [-0.3, -0.25) is 14.3 Å². The number of carbonyl (C=O) groups excluding carboxylic acids is 1. The highest BCUT2D eigenvalue weighted by atomic mass is 35.5. The standard InChI is InChI=1S/C19H18ClF3N4O2/c1-10-4-5-14-12(6-10)15(28)7-16(19(21,22)23)27(14)9-11(2)25-18(29)17-13(20)8-24-26(17)3/h4-8,11H,9H2,1-3H3,(H,25,29)/t11-/m1/s1. The molecule has 3 rings (SSSR count). The molecule has 1 amide bonds. The van der Waals surface area contributed by atoms with Gasteiger partial charge in [0.15, 0.2) is 5.43 Å². The second kappa shape index (κ2) is 7.55. The number of fused-ring (bicyclic) bond motifs is 1. The number of hydrogen-bond acceptors (Lipinski definition) is 3. The van der Waals surface area contributed by atoms with Crippen LogP contribution >= 0.6 is 11.6 Å². The van der Waals surface area contributed by atoms with Crippen molar-refractivity contribution in [3.8, 4) is 0 Å². The highest BCUT2D eigenvalue weighted by Crippen LogP contribution is 2.31. The molecule has 2 heterocycles. The summed E-state index contributed by atoms with van der Waals surface area (Å²) in [5.74, 6) is -0.558. The summed E-state index contributed by atoms with van der Waals surface area (Å²) < 4.78 is 43.1. The molecule has 0 unspecified atom stereocenters. The van der Waals surface area contributed by atoms with Crippen molar-refractivity contribution < 1.29 is 18.0 Å². The third-order valence-corrected chi connectivity index (χ3v) is 4.78. The van der Waals surface area contributed by atoms with Crippen LogP contribution in [0.1, 0.15) is 28.7 Å². The number of rotatable bonds is 4. The van der Waals surface area contributed by atoms with Gasteiger partial charge in [-0.25, -0.2) is 0 Å². The van der Waals surface area contributed by atoms with E-state index < -0.39 is 29.2 Å². The minimum atomic E-state index is -4.73. The number of nitrogens with one attached hydrogen (secondary N) is 1. The van der Waals surface area contributed by atoms with Gasteiger partial charge in [0.2, 0.25) is 0 Å². The first kappa shape index (κ1) is 20.9. The zero-order valence-corrected chi connectivity index (χ0v) is 16.6. The monoisotopic (exact) mass is 426 g/mol. The SMILES string of the molecule is Cc1ccc2c(c1)c(=O)cc(C(F)(F)F)n2C[C@@H](C)NC(=O)c1c(Cl)cnn1C. The number of benzene rings is 1. The Hall–Kier alpha value is -2.81. The van der Waals surface area contributed by atoms with Crippen molar-refractivity contribution in [2.75, 3.05) is 0 Å². The number of nitrogens with zero attached hydrogens (tertiary/aromatic N) is 3. The predicted molar refractivity (Wildman–Crippen MR) is 103 cm³/mol. The molecule has 3 aromatic rings. The highest BCUT2D eigenvalue weighted by molar-refractivity contribution is 6.33. The number of pyridine rings is 1. The summed E-state index contributed by atoms with van der Waals surface area (Å²) in [6, 6.07) is 4.56. The Bertz CT molecular complexity index is 1130. The van der Waals surface area contributed by atoms with Crippen LogP contribution in [0.2, 0.25) is 5.02 Å². The van der Waals surface area contributed by atoms with Crippen LogP contribution in [0.3, 0.4) is 0 Å². The van der Waals surface area contributed by atoms with E-state index in [9.17, 15) is 22.8 Å². The Balaban J connectivity index is 2.01. The van der Waals surface area contributed by atoms with E-state index in [0.717, 1.165) is 10.1 Å². The first-order valence-electron chi connectivity index (χ1n) is 8.68. The van der Waals surface area contributed by atoms with Crippen LogP contribution in [0, 0.1) is 6.92 Å².